The molecule has 0 amide bonds. The lowest BCUT2D eigenvalue weighted by Gasteiger charge is -2.14. The Bertz CT molecular complexity index is 99.6. The Kier molecular flexibility index (Phi) is 3.49. The summed E-state index contributed by atoms with van der Waals surface area (Å²) in [4.78, 5) is 0. The second-order valence-electron chi connectivity index (χ2n) is 2.70. The lowest BCUT2D eigenvalue weighted by atomic mass is 9.99. The van der Waals surface area contributed by atoms with Crippen molar-refractivity contribution in [3.05, 3.63) is 0 Å². The van der Waals surface area contributed by atoms with Gasteiger partial charge in [0.1, 0.15) is 6.17 Å². The predicted molar refractivity (Wildman–Crippen MR) is 44.0 cm³/mol. The van der Waals surface area contributed by atoms with Crippen LogP contribution in [0.25, 0.3) is 0 Å². The van der Waals surface area contributed by atoms with Gasteiger partial charge in [0.05, 0.1) is 0 Å². The first-order chi connectivity index (χ1) is 4.84. The minimum atomic E-state index is -0.639. The molecular weight excluding hydrogens is 149 g/mol. The molecule has 0 aromatic heterocycles. The van der Waals surface area contributed by atoms with Crippen LogP contribution in [0.3, 0.4) is 0 Å². The predicted octanol–water partition coefficient (Wildman–Crippen LogP) is 1.43. The van der Waals surface area contributed by atoms with E-state index in [1.165, 1.54) is 0 Å². The Morgan fingerprint density at radius 2 is 2.10 bits per heavy atom. The minimum absolute atomic E-state index is 0.134. The molecule has 3 heteroatoms. The minimum Gasteiger partial charge on any atom is -0.330 e. The third-order valence-electron chi connectivity index (χ3n) is 1.99. The molecule has 0 aromatic carbocycles. The molecule has 1 heterocycles. The van der Waals surface area contributed by atoms with Gasteiger partial charge in [0, 0.05) is 5.92 Å². The van der Waals surface area contributed by atoms with Crippen molar-refractivity contribution < 1.29 is 4.39 Å². The van der Waals surface area contributed by atoms with Gasteiger partial charge in [0.15, 0.2) is 0 Å². The van der Waals surface area contributed by atoms with E-state index in [9.17, 15) is 4.39 Å². The summed E-state index contributed by atoms with van der Waals surface area (Å²) in [7, 11) is 0. The molecule has 0 aromatic rings. The van der Waals surface area contributed by atoms with Crippen LogP contribution in [-0.2, 0) is 0 Å². The van der Waals surface area contributed by atoms with Crippen LogP contribution in [0.5, 0.6) is 0 Å². The highest BCUT2D eigenvalue weighted by Crippen LogP contribution is 2.23. The van der Waals surface area contributed by atoms with E-state index >= 15 is 0 Å². The second kappa shape index (κ2) is 4.19. The van der Waals surface area contributed by atoms with E-state index in [0.717, 1.165) is 17.9 Å². The number of thioether (sulfide) groups is 1. The van der Waals surface area contributed by atoms with Crippen LogP contribution < -0.4 is 5.73 Å². The van der Waals surface area contributed by atoms with Crippen LogP contribution in [0.4, 0.5) is 4.39 Å². The molecule has 1 fully saturated rings. The molecule has 2 atom stereocenters. The SMILES string of the molecule is NCC1CCSCCC1F. The van der Waals surface area contributed by atoms with Crippen LogP contribution >= 0.6 is 11.8 Å². The summed E-state index contributed by atoms with van der Waals surface area (Å²) >= 11 is 1.84. The molecule has 0 radical (unpaired) electrons. The van der Waals surface area contributed by atoms with Crippen molar-refractivity contribution in [2.24, 2.45) is 11.7 Å². The molecule has 1 nitrogen and oxygen atoms in total. The average molecular weight is 163 g/mol. The third-order valence-corrected chi connectivity index (χ3v) is 3.03. The van der Waals surface area contributed by atoms with Gasteiger partial charge in [-0.05, 0) is 30.9 Å². The molecule has 1 aliphatic heterocycles. The van der Waals surface area contributed by atoms with Crippen LogP contribution in [0.2, 0.25) is 0 Å². The van der Waals surface area contributed by atoms with Crippen LogP contribution in [0, 0.1) is 5.92 Å². The van der Waals surface area contributed by atoms with E-state index in [4.69, 9.17) is 5.73 Å². The highest BCUT2D eigenvalue weighted by Gasteiger charge is 2.21. The van der Waals surface area contributed by atoms with Gasteiger partial charge in [0.2, 0.25) is 0 Å². The number of nitrogens with two attached hydrogens (primary N) is 1. The fourth-order valence-electron chi connectivity index (χ4n) is 1.21. The Labute approximate surface area is 65.6 Å². The molecule has 0 spiro atoms. The lowest BCUT2D eigenvalue weighted by Crippen LogP contribution is -2.24. The smallest absolute Gasteiger partial charge is 0.105 e. The Morgan fingerprint density at radius 3 is 2.80 bits per heavy atom. The fourth-order valence-corrected chi connectivity index (χ4v) is 2.28. The number of halogens is 1. The summed E-state index contributed by atoms with van der Waals surface area (Å²) in [6.07, 6.45) is 1.02. The summed E-state index contributed by atoms with van der Waals surface area (Å²) in [5.41, 5.74) is 5.41. The van der Waals surface area contributed by atoms with Crippen molar-refractivity contribution in [1.29, 1.82) is 0 Å². The molecule has 0 saturated carbocycles. The Hall–Kier alpha value is 0.240. The van der Waals surface area contributed by atoms with Gasteiger partial charge in [-0.1, -0.05) is 0 Å². The van der Waals surface area contributed by atoms with Gasteiger partial charge < -0.3 is 5.73 Å². The van der Waals surface area contributed by atoms with E-state index in [1.807, 2.05) is 11.8 Å². The monoisotopic (exact) mass is 163 g/mol. The Morgan fingerprint density at radius 1 is 1.40 bits per heavy atom. The highest BCUT2D eigenvalue weighted by molar-refractivity contribution is 7.99. The average Bonchev–Trinajstić information content (AvgIpc) is 2.13. The lowest BCUT2D eigenvalue weighted by molar-refractivity contribution is 0.226. The van der Waals surface area contributed by atoms with Crippen molar-refractivity contribution in [3.8, 4) is 0 Å². The number of alkyl halides is 1. The Balaban J connectivity index is 2.35. The van der Waals surface area contributed by atoms with Gasteiger partial charge in [0.25, 0.3) is 0 Å². The second-order valence-corrected chi connectivity index (χ2v) is 3.93. The summed E-state index contributed by atoms with van der Waals surface area (Å²) in [5.74, 6) is 2.19. The molecule has 60 valence electrons. The van der Waals surface area contributed by atoms with Crippen molar-refractivity contribution in [2.75, 3.05) is 18.1 Å². The van der Waals surface area contributed by atoms with Crippen molar-refractivity contribution in [3.63, 3.8) is 0 Å². The molecule has 1 aliphatic rings. The van der Waals surface area contributed by atoms with E-state index in [0.29, 0.717) is 13.0 Å². The van der Waals surface area contributed by atoms with Gasteiger partial charge in [-0.2, -0.15) is 11.8 Å². The first-order valence-corrected chi connectivity index (χ1v) is 4.92. The summed E-state index contributed by atoms with van der Waals surface area (Å²) in [6, 6.07) is 0. The molecular formula is C7H14FNS. The van der Waals surface area contributed by atoms with Crippen molar-refractivity contribution >= 4 is 11.8 Å². The van der Waals surface area contributed by atoms with Gasteiger partial charge in [-0.25, -0.2) is 4.39 Å². The zero-order valence-electron chi connectivity index (χ0n) is 6.05. The van der Waals surface area contributed by atoms with E-state index in [-0.39, 0.29) is 5.92 Å². The molecule has 0 aliphatic carbocycles. The number of hydrogen-bond donors (Lipinski definition) is 1. The van der Waals surface area contributed by atoms with Gasteiger partial charge in [-0.15, -0.1) is 0 Å². The molecule has 2 unspecified atom stereocenters. The summed E-state index contributed by atoms with van der Waals surface area (Å²) in [5, 5.41) is 0. The first-order valence-electron chi connectivity index (χ1n) is 3.76. The maximum Gasteiger partial charge on any atom is 0.105 e. The molecule has 10 heavy (non-hydrogen) atoms. The van der Waals surface area contributed by atoms with Crippen LogP contribution in [-0.4, -0.2) is 24.2 Å². The summed E-state index contributed by atoms with van der Waals surface area (Å²) < 4.78 is 13.0. The van der Waals surface area contributed by atoms with E-state index in [1.54, 1.807) is 0 Å². The topological polar surface area (TPSA) is 26.0 Å². The van der Waals surface area contributed by atoms with Crippen molar-refractivity contribution in [1.82, 2.24) is 0 Å². The molecule has 0 bridgehead atoms. The first kappa shape index (κ1) is 8.34. The van der Waals surface area contributed by atoms with E-state index < -0.39 is 6.17 Å². The largest absolute Gasteiger partial charge is 0.330 e. The summed E-state index contributed by atoms with van der Waals surface area (Å²) in [6.45, 7) is 0.516. The fraction of sp³-hybridized carbons (Fsp3) is 1.00. The third kappa shape index (κ3) is 2.13. The zero-order valence-corrected chi connectivity index (χ0v) is 6.87. The van der Waals surface area contributed by atoms with Gasteiger partial charge in [-0.3, -0.25) is 0 Å². The molecule has 1 rings (SSSR count). The quantitative estimate of drug-likeness (QED) is 0.633. The molecule has 2 N–H and O–H groups in total. The molecule has 1 saturated heterocycles. The van der Waals surface area contributed by atoms with Crippen molar-refractivity contribution in [2.45, 2.75) is 19.0 Å². The number of hydrogen-bond acceptors (Lipinski definition) is 2. The van der Waals surface area contributed by atoms with Gasteiger partial charge >= 0.3 is 0 Å². The van der Waals surface area contributed by atoms with Crippen LogP contribution in [0.1, 0.15) is 12.8 Å². The maximum atomic E-state index is 13.0. The number of rotatable bonds is 1. The zero-order chi connectivity index (χ0) is 7.40. The normalized spacial score (nSPS) is 35.4. The van der Waals surface area contributed by atoms with E-state index in [2.05, 4.69) is 0 Å². The standard InChI is InChI=1S/C7H14FNS/c8-7-2-4-10-3-1-6(7)5-9/h6-7H,1-5,9H2. The maximum absolute atomic E-state index is 13.0. The van der Waals surface area contributed by atoms with Crippen LogP contribution in [0.15, 0.2) is 0 Å². The highest BCUT2D eigenvalue weighted by atomic mass is 32.2.